The number of amides is 1. The van der Waals surface area contributed by atoms with Gasteiger partial charge in [0.2, 0.25) is 5.91 Å². The summed E-state index contributed by atoms with van der Waals surface area (Å²) in [6, 6.07) is 4.71. The van der Waals surface area contributed by atoms with E-state index >= 15 is 0 Å². The summed E-state index contributed by atoms with van der Waals surface area (Å²) in [6.45, 7) is 0.295. The van der Waals surface area contributed by atoms with E-state index in [1.54, 1.807) is 17.0 Å². The van der Waals surface area contributed by atoms with Crippen LogP contribution in [0.4, 0.5) is 10.1 Å². The molecule has 0 fully saturated rings. The molecule has 0 saturated carbocycles. The molecular formula is C15H17FN2O4. The summed E-state index contributed by atoms with van der Waals surface area (Å²) in [6.07, 6.45) is 2.42. The van der Waals surface area contributed by atoms with Gasteiger partial charge in [0.15, 0.2) is 5.75 Å². The van der Waals surface area contributed by atoms with Crippen molar-refractivity contribution < 1.29 is 18.8 Å². The molecule has 1 aromatic carbocycles. The van der Waals surface area contributed by atoms with Gasteiger partial charge in [-0.05, 0) is 29.7 Å². The van der Waals surface area contributed by atoms with Crippen molar-refractivity contribution >= 4 is 17.2 Å². The average molecular weight is 308 g/mol. The summed E-state index contributed by atoms with van der Waals surface area (Å²) < 4.78 is 17.2. The van der Waals surface area contributed by atoms with Crippen LogP contribution < -0.4 is 4.74 Å². The molecule has 0 aliphatic carbocycles. The molecule has 0 atom stereocenters. The maximum absolute atomic E-state index is 12.2. The van der Waals surface area contributed by atoms with Crippen LogP contribution in [0.3, 0.4) is 0 Å². The third kappa shape index (κ3) is 3.41. The first-order valence-corrected chi connectivity index (χ1v) is 6.92. The minimum atomic E-state index is -0.647. The fraction of sp³-hybridized carbons (Fsp3) is 0.400. The van der Waals surface area contributed by atoms with Gasteiger partial charge in [0.25, 0.3) is 0 Å². The second kappa shape index (κ2) is 7.02. The van der Waals surface area contributed by atoms with Gasteiger partial charge in [-0.25, -0.2) is 0 Å². The third-order valence-electron chi connectivity index (χ3n) is 3.62. The van der Waals surface area contributed by atoms with Crippen molar-refractivity contribution in [1.82, 2.24) is 4.90 Å². The molecule has 118 valence electrons. The fourth-order valence-electron chi connectivity index (χ4n) is 2.42. The minimum absolute atomic E-state index is 0.0811. The number of methoxy groups -OCH3 is 1. The number of nitro groups is 1. The Morgan fingerprint density at radius 2 is 2.27 bits per heavy atom. The van der Waals surface area contributed by atoms with Crippen LogP contribution in [-0.2, 0) is 4.79 Å². The molecule has 0 aromatic heterocycles. The third-order valence-corrected chi connectivity index (χ3v) is 3.62. The molecule has 1 aliphatic heterocycles. The van der Waals surface area contributed by atoms with Crippen molar-refractivity contribution in [3.8, 4) is 5.75 Å². The van der Waals surface area contributed by atoms with Crippen LogP contribution in [0.5, 0.6) is 5.75 Å². The van der Waals surface area contributed by atoms with Crippen molar-refractivity contribution in [3.05, 3.63) is 40.0 Å². The van der Waals surface area contributed by atoms with Gasteiger partial charge in [0, 0.05) is 19.2 Å². The number of alkyl halides is 1. The second-order valence-corrected chi connectivity index (χ2v) is 4.90. The molecule has 0 N–H and O–H groups in total. The Balaban J connectivity index is 2.16. The van der Waals surface area contributed by atoms with E-state index in [-0.39, 0.29) is 23.8 Å². The van der Waals surface area contributed by atoms with E-state index in [9.17, 15) is 19.3 Å². The van der Waals surface area contributed by atoms with Crippen LogP contribution in [0, 0.1) is 10.1 Å². The fourth-order valence-corrected chi connectivity index (χ4v) is 2.42. The van der Waals surface area contributed by atoms with Gasteiger partial charge in [-0.1, -0.05) is 6.08 Å². The van der Waals surface area contributed by atoms with Crippen LogP contribution in [0.1, 0.15) is 18.4 Å². The zero-order valence-corrected chi connectivity index (χ0v) is 12.3. The lowest BCUT2D eigenvalue weighted by molar-refractivity contribution is -0.385. The van der Waals surface area contributed by atoms with Crippen LogP contribution in [0.25, 0.3) is 5.57 Å². The number of carbonyl (C=O) groups excluding carboxylic acids is 1. The Morgan fingerprint density at radius 1 is 1.50 bits per heavy atom. The Labute approximate surface area is 127 Å². The molecule has 0 saturated heterocycles. The molecule has 1 amide bonds. The Bertz CT molecular complexity index is 616. The van der Waals surface area contributed by atoms with Crippen molar-refractivity contribution in [2.75, 3.05) is 26.9 Å². The molecule has 6 nitrogen and oxygen atoms in total. The van der Waals surface area contributed by atoms with Crippen LogP contribution in [0.2, 0.25) is 0 Å². The number of halogens is 1. The number of hydrogen-bond donors (Lipinski definition) is 0. The van der Waals surface area contributed by atoms with E-state index in [4.69, 9.17) is 4.74 Å². The van der Waals surface area contributed by atoms with Gasteiger partial charge in [-0.2, -0.15) is 0 Å². The summed E-state index contributed by atoms with van der Waals surface area (Å²) in [5, 5.41) is 10.9. The molecular weight excluding hydrogens is 291 g/mol. The van der Waals surface area contributed by atoms with E-state index in [1.807, 2.05) is 6.08 Å². The van der Waals surface area contributed by atoms with Crippen molar-refractivity contribution in [2.24, 2.45) is 0 Å². The normalized spacial score (nSPS) is 14.5. The lowest BCUT2D eigenvalue weighted by Gasteiger charge is -2.26. The van der Waals surface area contributed by atoms with Gasteiger partial charge in [-0.3, -0.25) is 19.3 Å². The van der Waals surface area contributed by atoms with Gasteiger partial charge >= 0.3 is 5.69 Å². The highest BCUT2D eigenvalue weighted by Gasteiger charge is 2.20. The molecule has 7 heteroatoms. The van der Waals surface area contributed by atoms with Gasteiger partial charge in [0.05, 0.1) is 25.1 Å². The summed E-state index contributed by atoms with van der Waals surface area (Å²) >= 11 is 0. The smallest absolute Gasteiger partial charge is 0.310 e. The van der Waals surface area contributed by atoms with Crippen LogP contribution in [-0.4, -0.2) is 42.6 Å². The molecule has 1 aromatic rings. The minimum Gasteiger partial charge on any atom is -0.490 e. The van der Waals surface area contributed by atoms with E-state index < -0.39 is 11.6 Å². The Kier molecular flexibility index (Phi) is 5.08. The second-order valence-electron chi connectivity index (χ2n) is 4.90. The maximum atomic E-state index is 12.2. The highest BCUT2D eigenvalue weighted by atomic mass is 19.1. The van der Waals surface area contributed by atoms with E-state index in [1.165, 1.54) is 13.2 Å². The number of rotatable bonds is 5. The SMILES string of the molecule is COc1cc(C2=CCN(C(=O)CCF)CC2)ccc1[N+](=O)[O-]. The monoisotopic (exact) mass is 308 g/mol. The van der Waals surface area contributed by atoms with Crippen molar-refractivity contribution in [1.29, 1.82) is 0 Å². The van der Waals surface area contributed by atoms with Gasteiger partial charge in [0.1, 0.15) is 0 Å². The Morgan fingerprint density at radius 3 is 2.82 bits per heavy atom. The highest BCUT2D eigenvalue weighted by Crippen LogP contribution is 2.32. The summed E-state index contributed by atoms with van der Waals surface area (Å²) in [7, 11) is 1.39. The number of nitro benzene ring substituents is 1. The summed E-state index contributed by atoms with van der Waals surface area (Å²) in [5.41, 5.74) is 1.75. The molecule has 0 bridgehead atoms. The van der Waals surface area contributed by atoms with E-state index in [0.717, 1.165) is 11.1 Å². The number of ether oxygens (including phenoxy) is 1. The molecule has 2 rings (SSSR count). The Hall–Kier alpha value is -2.44. The summed E-state index contributed by atoms with van der Waals surface area (Å²) in [4.78, 5) is 23.6. The van der Waals surface area contributed by atoms with Gasteiger partial charge in [-0.15, -0.1) is 0 Å². The molecule has 0 unspecified atom stereocenters. The first kappa shape index (κ1) is 15.9. The number of hydrogen-bond acceptors (Lipinski definition) is 4. The van der Waals surface area contributed by atoms with Crippen LogP contribution >= 0.6 is 0 Å². The zero-order chi connectivity index (χ0) is 16.1. The summed E-state index contributed by atoms with van der Waals surface area (Å²) in [5.74, 6) is 0.0124. The standard InChI is InChI=1S/C15H17FN2O4/c1-22-14-10-12(2-3-13(14)18(20)21)11-5-8-17(9-6-11)15(19)4-7-16/h2-3,5,10H,4,6-9H2,1H3. The molecule has 0 radical (unpaired) electrons. The average Bonchev–Trinajstić information content (AvgIpc) is 2.54. The lowest BCUT2D eigenvalue weighted by Crippen LogP contribution is -2.34. The van der Waals surface area contributed by atoms with Crippen molar-refractivity contribution in [3.63, 3.8) is 0 Å². The predicted molar refractivity (Wildman–Crippen MR) is 79.4 cm³/mol. The molecule has 1 heterocycles. The lowest BCUT2D eigenvalue weighted by atomic mass is 9.98. The van der Waals surface area contributed by atoms with Crippen molar-refractivity contribution in [2.45, 2.75) is 12.8 Å². The zero-order valence-electron chi connectivity index (χ0n) is 12.3. The largest absolute Gasteiger partial charge is 0.490 e. The molecule has 1 aliphatic rings. The molecule has 22 heavy (non-hydrogen) atoms. The number of carbonyl (C=O) groups is 1. The van der Waals surface area contributed by atoms with Gasteiger partial charge < -0.3 is 9.64 Å². The van der Waals surface area contributed by atoms with E-state index in [2.05, 4.69) is 0 Å². The predicted octanol–water partition coefficient (Wildman–Crippen LogP) is 2.58. The number of benzene rings is 1. The van der Waals surface area contributed by atoms with E-state index in [0.29, 0.717) is 19.5 Å². The number of nitrogens with zero attached hydrogens (tertiary/aromatic N) is 2. The first-order valence-electron chi connectivity index (χ1n) is 6.92. The topological polar surface area (TPSA) is 72.7 Å². The first-order chi connectivity index (χ1) is 10.6. The van der Waals surface area contributed by atoms with Crippen LogP contribution in [0.15, 0.2) is 24.3 Å². The molecule has 0 spiro atoms. The maximum Gasteiger partial charge on any atom is 0.310 e. The quantitative estimate of drug-likeness (QED) is 0.619. The highest BCUT2D eigenvalue weighted by molar-refractivity contribution is 5.78.